The van der Waals surface area contributed by atoms with E-state index in [1.165, 1.54) is 18.3 Å². The van der Waals surface area contributed by atoms with Gasteiger partial charge in [0.2, 0.25) is 0 Å². The first-order valence-corrected chi connectivity index (χ1v) is 6.05. The molecule has 0 heterocycles. The summed E-state index contributed by atoms with van der Waals surface area (Å²) in [6, 6.07) is 11.5. The van der Waals surface area contributed by atoms with E-state index in [9.17, 15) is 10.1 Å². The Morgan fingerprint density at radius 1 is 1.16 bits per heavy atom. The second-order valence-corrected chi connectivity index (χ2v) is 4.55. The van der Waals surface area contributed by atoms with Crippen LogP contribution < -0.4 is 0 Å². The van der Waals surface area contributed by atoms with E-state index in [0.29, 0.717) is 16.3 Å². The normalized spacial score (nSPS) is 10.8. The van der Waals surface area contributed by atoms with E-state index < -0.39 is 4.92 Å². The number of benzene rings is 2. The SMILES string of the molecule is O=[N+]([O-])c1cc(C=Nc2cccc(Cl)c2)ccc1Cl. The van der Waals surface area contributed by atoms with Crippen LogP contribution in [0, 0.1) is 10.1 Å². The van der Waals surface area contributed by atoms with Crippen LogP contribution in [0.15, 0.2) is 47.5 Å². The fourth-order valence-electron chi connectivity index (χ4n) is 1.46. The Bertz CT molecular complexity index is 657. The minimum Gasteiger partial charge on any atom is -0.258 e. The highest BCUT2D eigenvalue weighted by Crippen LogP contribution is 2.25. The maximum Gasteiger partial charge on any atom is 0.288 e. The molecule has 2 aromatic carbocycles. The minimum absolute atomic E-state index is 0.102. The predicted molar refractivity (Wildman–Crippen MR) is 76.8 cm³/mol. The van der Waals surface area contributed by atoms with Crippen molar-refractivity contribution in [3.05, 3.63) is 68.2 Å². The predicted octanol–water partition coefficient (Wildman–Crippen LogP) is 4.65. The van der Waals surface area contributed by atoms with E-state index in [0.717, 1.165) is 0 Å². The fourth-order valence-corrected chi connectivity index (χ4v) is 1.83. The molecule has 0 bridgehead atoms. The van der Waals surface area contributed by atoms with Crippen LogP contribution in [0.1, 0.15) is 5.56 Å². The van der Waals surface area contributed by atoms with Crippen molar-refractivity contribution in [2.75, 3.05) is 0 Å². The van der Waals surface area contributed by atoms with Gasteiger partial charge in [-0.2, -0.15) is 0 Å². The van der Waals surface area contributed by atoms with Crippen LogP contribution in [-0.2, 0) is 0 Å². The molecule has 2 aromatic rings. The van der Waals surface area contributed by atoms with Crippen LogP contribution in [0.5, 0.6) is 0 Å². The summed E-state index contributed by atoms with van der Waals surface area (Å²) in [6.45, 7) is 0. The molecule has 0 radical (unpaired) electrons. The standard InChI is InChI=1S/C13H8Cl2N2O2/c14-10-2-1-3-11(7-10)16-8-9-4-5-12(15)13(6-9)17(18)19/h1-8H. The summed E-state index contributed by atoms with van der Waals surface area (Å²) in [5, 5.41) is 11.4. The number of rotatable bonds is 3. The average Bonchev–Trinajstić information content (AvgIpc) is 2.37. The molecule has 0 unspecified atom stereocenters. The maximum atomic E-state index is 10.8. The molecule has 0 spiro atoms. The van der Waals surface area contributed by atoms with Gasteiger partial charge in [-0.05, 0) is 29.8 Å². The largest absolute Gasteiger partial charge is 0.288 e. The number of aliphatic imine (C=N–C) groups is 1. The molecule has 0 saturated heterocycles. The molecule has 0 aliphatic rings. The van der Waals surface area contributed by atoms with Gasteiger partial charge < -0.3 is 0 Å². The zero-order valence-electron chi connectivity index (χ0n) is 9.59. The summed E-state index contributed by atoms with van der Waals surface area (Å²) in [5.41, 5.74) is 1.12. The van der Waals surface area contributed by atoms with E-state index in [1.54, 1.807) is 30.3 Å². The molecule has 0 atom stereocenters. The molecule has 96 valence electrons. The lowest BCUT2D eigenvalue weighted by atomic mass is 10.2. The topological polar surface area (TPSA) is 55.5 Å². The van der Waals surface area contributed by atoms with E-state index in [1.807, 2.05) is 0 Å². The van der Waals surface area contributed by atoms with Crippen LogP contribution >= 0.6 is 23.2 Å². The Labute approximate surface area is 119 Å². The molecule has 0 aliphatic heterocycles. The van der Waals surface area contributed by atoms with Gasteiger partial charge in [0.05, 0.1) is 10.6 Å². The van der Waals surface area contributed by atoms with Gasteiger partial charge in [-0.1, -0.05) is 35.3 Å². The van der Waals surface area contributed by atoms with Gasteiger partial charge >= 0.3 is 0 Å². The van der Waals surface area contributed by atoms with Crippen LogP contribution in [0.3, 0.4) is 0 Å². The van der Waals surface area contributed by atoms with Crippen LogP contribution in [0.2, 0.25) is 10.0 Å². The first kappa shape index (κ1) is 13.5. The molecule has 0 saturated carbocycles. The van der Waals surface area contributed by atoms with Crippen molar-refractivity contribution in [1.29, 1.82) is 0 Å². The van der Waals surface area contributed by atoms with Gasteiger partial charge in [0.25, 0.3) is 5.69 Å². The maximum absolute atomic E-state index is 10.8. The third-order valence-electron chi connectivity index (χ3n) is 2.34. The third-order valence-corrected chi connectivity index (χ3v) is 2.89. The van der Waals surface area contributed by atoms with Gasteiger partial charge in [0.15, 0.2) is 0 Å². The molecule has 4 nitrogen and oxygen atoms in total. The summed E-state index contributed by atoms with van der Waals surface area (Å²) in [7, 11) is 0. The summed E-state index contributed by atoms with van der Waals surface area (Å²) in [5.74, 6) is 0. The first-order valence-electron chi connectivity index (χ1n) is 5.30. The van der Waals surface area contributed by atoms with E-state index >= 15 is 0 Å². The zero-order valence-corrected chi connectivity index (χ0v) is 11.1. The lowest BCUT2D eigenvalue weighted by molar-refractivity contribution is -0.384. The molecular weight excluding hydrogens is 287 g/mol. The highest BCUT2D eigenvalue weighted by atomic mass is 35.5. The second-order valence-electron chi connectivity index (χ2n) is 3.71. The van der Waals surface area contributed by atoms with Crippen molar-refractivity contribution in [3.8, 4) is 0 Å². The Hall–Kier alpha value is -1.91. The fraction of sp³-hybridized carbons (Fsp3) is 0. The number of halogens is 2. The highest BCUT2D eigenvalue weighted by Gasteiger charge is 2.11. The van der Waals surface area contributed by atoms with Crippen molar-refractivity contribution in [3.63, 3.8) is 0 Å². The number of nitro benzene ring substituents is 1. The Morgan fingerprint density at radius 2 is 1.95 bits per heavy atom. The molecular formula is C13H8Cl2N2O2. The molecule has 6 heteroatoms. The van der Waals surface area contributed by atoms with E-state index in [-0.39, 0.29) is 10.7 Å². The Kier molecular flexibility index (Phi) is 4.14. The second kappa shape index (κ2) is 5.82. The number of nitrogens with zero attached hydrogens (tertiary/aromatic N) is 2. The van der Waals surface area contributed by atoms with Gasteiger partial charge in [-0.3, -0.25) is 15.1 Å². The average molecular weight is 295 g/mol. The summed E-state index contributed by atoms with van der Waals surface area (Å²) >= 11 is 11.6. The molecule has 19 heavy (non-hydrogen) atoms. The summed E-state index contributed by atoms with van der Waals surface area (Å²) < 4.78 is 0. The quantitative estimate of drug-likeness (QED) is 0.470. The molecule has 0 amide bonds. The lowest BCUT2D eigenvalue weighted by Crippen LogP contribution is -1.91. The van der Waals surface area contributed by atoms with Crippen molar-refractivity contribution >= 4 is 40.8 Å². The van der Waals surface area contributed by atoms with Gasteiger partial charge in [-0.15, -0.1) is 0 Å². The smallest absolute Gasteiger partial charge is 0.258 e. The summed E-state index contributed by atoms with van der Waals surface area (Å²) in [4.78, 5) is 14.4. The van der Waals surface area contributed by atoms with Crippen molar-refractivity contribution in [2.24, 2.45) is 4.99 Å². The highest BCUT2D eigenvalue weighted by molar-refractivity contribution is 6.32. The Morgan fingerprint density at radius 3 is 2.63 bits per heavy atom. The number of hydrogen-bond donors (Lipinski definition) is 0. The Balaban J connectivity index is 2.29. The van der Waals surface area contributed by atoms with Gasteiger partial charge in [0, 0.05) is 17.3 Å². The third kappa shape index (κ3) is 3.53. The van der Waals surface area contributed by atoms with E-state index in [4.69, 9.17) is 23.2 Å². The first-order chi connectivity index (χ1) is 9.06. The number of hydrogen-bond acceptors (Lipinski definition) is 3. The van der Waals surface area contributed by atoms with Crippen LogP contribution in [0.4, 0.5) is 11.4 Å². The van der Waals surface area contributed by atoms with Crippen LogP contribution in [-0.4, -0.2) is 11.1 Å². The zero-order chi connectivity index (χ0) is 13.8. The molecule has 2 rings (SSSR count). The van der Waals surface area contributed by atoms with Gasteiger partial charge in [0.1, 0.15) is 5.02 Å². The van der Waals surface area contributed by atoms with Crippen molar-refractivity contribution in [1.82, 2.24) is 0 Å². The van der Waals surface area contributed by atoms with Crippen LogP contribution in [0.25, 0.3) is 0 Å². The van der Waals surface area contributed by atoms with Crippen molar-refractivity contribution < 1.29 is 4.92 Å². The monoisotopic (exact) mass is 294 g/mol. The van der Waals surface area contributed by atoms with Gasteiger partial charge in [-0.25, -0.2) is 0 Å². The molecule has 0 aromatic heterocycles. The summed E-state index contributed by atoms with van der Waals surface area (Å²) in [6.07, 6.45) is 1.52. The van der Waals surface area contributed by atoms with Crippen molar-refractivity contribution in [2.45, 2.75) is 0 Å². The molecule has 0 fully saturated rings. The number of nitro groups is 1. The molecule has 0 aliphatic carbocycles. The van der Waals surface area contributed by atoms with E-state index in [2.05, 4.69) is 4.99 Å². The lowest BCUT2D eigenvalue weighted by Gasteiger charge is -1.97. The minimum atomic E-state index is -0.529. The molecule has 0 N–H and O–H groups in total.